The smallest absolute Gasteiger partial charge is 0.332 e. The number of halogens is 4. The Morgan fingerprint density at radius 3 is 2.33 bits per heavy atom. The monoisotopic (exact) mass is 463 g/mol. The molecule has 1 atom stereocenters. The van der Waals surface area contributed by atoms with Crippen LogP contribution >= 0.6 is 0 Å². The van der Waals surface area contributed by atoms with E-state index in [-0.39, 0.29) is 17.5 Å². The first kappa shape index (κ1) is 23.9. The average Bonchev–Trinajstić information content (AvgIpc) is 2.75. The molecule has 0 saturated carbocycles. The summed E-state index contributed by atoms with van der Waals surface area (Å²) in [6.45, 7) is 4.87. The molecule has 2 aromatic carbocycles. The number of aromatic nitrogens is 2. The number of anilines is 4. The Morgan fingerprint density at radius 1 is 1.03 bits per heavy atom. The quantitative estimate of drug-likeness (QED) is 0.355. The number of nitrogens with one attached hydrogen (secondary N) is 2. The number of hydrogen-bond acceptors (Lipinski definition) is 5. The van der Waals surface area contributed by atoms with E-state index >= 15 is 0 Å². The van der Waals surface area contributed by atoms with Crippen molar-refractivity contribution in [3.63, 3.8) is 0 Å². The van der Waals surface area contributed by atoms with Crippen molar-refractivity contribution in [3.8, 4) is 0 Å². The van der Waals surface area contributed by atoms with Gasteiger partial charge in [0.05, 0.1) is 23.0 Å². The third-order valence-corrected chi connectivity index (χ3v) is 4.84. The van der Waals surface area contributed by atoms with Gasteiger partial charge in [-0.3, -0.25) is 0 Å². The fraction of sp³-hybridized carbons (Fsp3) is 0.227. The number of nitrogens with zero attached hydrogens (tertiary/aromatic N) is 3. The second-order valence-electron chi connectivity index (χ2n) is 7.72. The first-order chi connectivity index (χ1) is 15.5. The van der Waals surface area contributed by atoms with Crippen molar-refractivity contribution in [2.24, 2.45) is 0 Å². The molecule has 0 bridgehead atoms. The van der Waals surface area contributed by atoms with Crippen molar-refractivity contribution >= 4 is 29.2 Å². The molecule has 0 spiro atoms. The van der Waals surface area contributed by atoms with Gasteiger partial charge in [-0.15, -0.1) is 0 Å². The number of aliphatic hydroxyl groups is 1. The van der Waals surface area contributed by atoms with Gasteiger partial charge in [0.1, 0.15) is 11.6 Å². The number of carbonyl (C=O) groups is 1. The number of urea groups is 1. The molecule has 3 rings (SSSR count). The summed E-state index contributed by atoms with van der Waals surface area (Å²) in [4.78, 5) is 22.3. The van der Waals surface area contributed by atoms with E-state index in [1.54, 1.807) is 20.8 Å². The molecule has 1 heterocycles. The lowest BCUT2D eigenvalue weighted by Gasteiger charge is -2.27. The first-order valence-electron chi connectivity index (χ1n) is 9.79. The maximum atomic E-state index is 14.1. The van der Waals surface area contributed by atoms with Crippen LogP contribution in [0.3, 0.4) is 0 Å². The van der Waals surface area contributed by atoms with Gasteiger partial charge in [0.15, 0.2) is 17.5 Å². The highest BCUT2D eigenvalue weighted by Gasteiger charge is 2.25. The molecule has 0 aliphatic rings. The second kappa shape index (κ2) is 9.41. The van der Waals surface area contributed by atoms with Gasteiger partial charge in [0.2, 0.25) is 5.95 Å². The summed E-state index contributed by atoms with van der Waals surface area (Å²) in [5.74, 6) is -5.21. The summed E-state index contributed by atoms with van der Waals surface area (Å²) in [5.41, 5.74) is -1.57. The van der Waals surface area contributed by atoms with Crippen molar-refractivity contribution in [2.75, 3.05) is 15.5 Å². The van der Waals surface area contributed by atoms with Gasteiger partial charge in [0, 0.05) is 12.3 Å². The number of amides is 2. The molecule has 0 unspecified atom stereocenters. The molecular formula is C22H21F4N5O2. The Kier molecular flexibility index (Phi) is 6.82. The number of carbonyl (C=O) groups excluding carboxylic acids is 1. The molecule has 0 aliphatic heterocycles. The summed E-state index contributed by atoms with van der Waals surface area (Å²) in [6.07, 6.45) is 1.34. The van der Waals surface area contributed by atoms with Crippen LogP contribution in [0.25, 0.3) is 0 Å². The number of benzene rings is 2. The molecule has 7 nitrogen and oxygen atoms in total. The van der Waals surface area contributed by atoms with Gasteiger partial charge in [-0.05, 0) is 57.2 Å². The van der Waals surface area contributed by atoms with Gasteiger partial charge in [0.25, 0.3) is 0 Å². The second-order valence-corrected chi connectivity index (χ2v) is 7.72. The number of hydrogen-bond donors (Lipinski definition) is 3. The van der Waals surface area contributed by atoms with Crippen LogP contribution in [-0.2, 0) is 0 Å². The van der Waals surface area contributed by atoms with Crippen molar-refractivity contribution in [1.82, 2.24) is 9.97 Å². The van der Waals surface area contributed by atoms with Gasteiger partial charge in [-0.1, -0.05) is 0 Å². The molecule has 33 heavy (non-hydrogen) atoms. The van der Waals surface area contributed by atoms with Gasteiger partial charge in [-0.2, -0.15) is 4.98 Å². The van der Waals surface area contributed by atoms with Crippen LogP contribution in [0.1, 0.15) is 20.8 Å². The Hall–Kier alpha value is -3.73. The summed E-state index contributed by atoms with van der Waals surface area (Å²) < 4.78 is 54.4. The van der Waals surface area contributed by atoms with Crippen LogP contribution in [0, 0.1) is 23.3 Å². The van der Waals surface area contributed by atoms with E-state index in [0.717, 1.165) is 23.1 Å². The zero-order valence-corrected chi connectivity index (χ0v) is 17.9. The molecule has 0 saturated heterocycles. The maximum absolute atomic E-state index is 14.1. The summed E-state index contributed by atoms with van der Waals surface area (Å²) in [7, 11) is 0. The van der Waals surface area contributed by atoms with Crippen LogP contribution in [-0.4, -0.2) is 32.7 Å². The van der Waals surface area contributed by atoms with Gasteiger partial charge >= 0.3 is 6.03 Å². The molecule has 0 aliphatic carbocycles. The molecule has 2 amide bonds. The van der Waals surface area contributed by atoms with E-state index in [1.165, 1.54) is 24.4 Å². The van der Waals surface area contributed by atoms with Crippen molar-refractivity contribution in [1.29, 1.82) is 0 Å². The number of rotatable bonds is 6. The fourth-order valence-corrected chi connectivity index (χ4v) is 2.65. The van der Waals surface area contributed by atoms with E-state index in [2.05, 4.69) is 20.6 Å². The molecular weight excluding hydrogens is 442 g/mol. The van der Waals surface area contributed by atoms with Crippen LogP contribution < -0.4 is 15.5 Å². The highest BCUT2D eigenvalue weighted by Crippen LogP contribution is 2.27. The van der Waals surface area contributed by atoms with Crippen molar-refractivity contribution < 1.29 is 27.5 Å². The zero-order valence-electron chi connectivity index (χ0n) is 17.9. The SMILES string of the molecule is C[C@H](Nc1nccc(N(C(=O)Nc2ccc(F)c(F)c2F)c2ccc(F)cc2)n1)C(C)(C)O. The molecule has 3 N–H and O–H groups in total. The Morgan fingerprint density at radius 2 is 1.70 bits per heavy atom. The third-order valence-electron chi connectivity index (χ3n) is 4.84. The predicted molar refractivity (Wildman–Crippen MR) is 115 cm³/mol. The first-order valence-corrected chi connectivity index (χ1v) is 9.79. The van der Waals surface area contributed by atoms with Gasteiger partial charge < -0.3 is 15.7 Å². The van der Waals surface area contributed by atoms with Crippen LogP contribution in [0.4, 0.5) is 45.5 Å². The van der Waals surface area contributed by atoms with E-state index in [4.69, 9.17) is 0 Å². The summed E-state index contributed by atoms with van der Waals surface area (Å²) >= 11 is 0. The van der Waals surface area contributed by atoms with Gasteiger partial charge in [-0.25, -0.2) is 32.2 Å². The average molecular weight is 463 g/mol. The molecule has 174 valence electrons. The highest BCUT2D eigenvalue weighted by atomic mass is 19.2. The predicted octanol–water partition coefficient (Wildman–Crippen LogP) is 4.97. The maximum Gasteiger partial charge on any atom is 0.332 e. The standard InChI is InChI=1S/C22H21F4N5O2/c1-12(22(2,3)33)28-20-27-11-10-17(30-20)31(14-6-4-13(23)5-7-14)21(32)29-16-9-8-15(24)18(25)19(16)26/h4-12,33H,1-3H3,(H,29,32)(H,27,28,30)/t12-/m0/s1. The summed E-state index contributed by atoms with van der Waals surface area (Å²) in [5, 5.41) is 15.2. The van der Waals surface area contributed by atoms with Crippen molar-refractivity contribution in [2.45, 2.75) is 32.4 Å². The lowest BCUT2D eigenvalue weighted by molar-refractivity contribution is 0.0646. The largest absolute Gasteiger partial charge is 0.388 e. The Bertz CT molecular complexity index is 1150. The van der Waals surface area contributed by atoms with Crippen LogP contribution in [0.5, 0.6) is 0 Å². The van der Waals surface area contributed by atoms with Crippen LogP contribution in [0.2, 0.25) is 0 Å². The highest BCUT2D eigenvalue weighted by molar-refractivity contribution is 6.06. The minimum absolute atomic E-state index is 0.00236. The Labute approximate surface area is 187 Å². The van der Waals surface area contributed by atoms with E-state index in [9.17, 15) is 27.5 Å². The normalized spacial score (nSPS) is 12.2. The minimum Gasteiger partial charge on any atom is -0.388 e. The lowest BCUT2D eigenvalue weighted by atomic mass is 10.0. The minimum atomic E-state index is -1.74. The van der Waals surface area contributed by atoms with Crippen LogP contribution in [0.15, 0.2) is 48.7 Å². The molecule has 0 fully saturated rings. The Balaban J connectivity index is 1.99. The van der Waals surface area contributed by atoms with E-state index < -0.39 is 46.6 Å². The zero-order chi connectivity index (χ0) is 24.3. The van der Waals surface area contributed by atoms with Crippen molar-refractivity contribution in [3.05, 3.63) is 71.9 Å². The molecule has 3 aromatic rings. The van der Waals surface area contributed by atoms with E-state index in [0.29, 0.717) is 6.07 Å². The summed E-state index contributed by atoms with van der Waals surface area (Å²) in [6, 6.07) is 6.22. The fourth-order valence-electron chi connectivity index (χ4n) is 2.65. The third kappa shape index (κ3) is 5.55. The van der Waals surface area contributed by atoms with E-state index in [1.807, 2.05) is 0 Å². The molecule has 0 radical (unpaired) electrons. The molecule has 11 heteroatoms. The lowest BCUT2D eigenvalue weighted by Crippen LogP contribution is -2.40. The molecule has 1 aromatic heterocycles. The topological polar surface area (TPSA) is 90.4 Å².